The van der Waals surface area contributed by atoms with Crippen molar-refractivity contribution in [1.29, 1.82) is 0 Å². The Morgan fingerprint density at radius 1 is 1.17 bits per heavy atom. The first-order valence-electron chi connectivity index (χ1n) is 8.14. The summed E-state index contributed by atoms with van der Waals surface area (Å²) in [7, 11) is 0. The van der Waals surface area contributed by atoms with Crippen molar-refractivity contribution in [2.75, 3.05) is 0 Å². The first kappa shape index (κ1) is 13.8. The van der Waals surface area contributed by atoms with Crippen LogP contribution in [-0.4, -0.2) is 16.2 Å². The second-order valence-corrected chi connectivity index (χ2v) is 6.91. The van der Waals surface area contributed by atoms with Crippen LogP contribution >= 0.6 is 0 Å². The van der Waals surface area contributed by atoms with Crippen LogP contribution in [0.5, 0.6) is 0 Å². The highest BCUT2D eigenvalue weighted by atomic mass is 16.4. The molecule has 1 saturated carbocycles. The number of furan rings is 1. The normalized spacial score (nSPS) is 27.5. The molecule has 2 aliphatic carbocycles. The molecule has 1 aromatic heterocycles. The molecule has 4 nitrogen and oxygen atoms in total. The van der Waals surface area contributed by atoms with Crippen molar-refractivity contribution in [2.24, 2.45) is 0 Å². The summed E-state index contributed by atoms with van der Waals surface area (Å²) in [4.78, 5) is 11.3. The van der Waals surface area contributed by atoms with Crippen molar-refractivity contribution < 1.29 is 19.4 Å². The molecule has 0 radical (unpaired) electrons. The van der Waals surface area contributed by atoms with Gasteiger partial charge in [0.25, 0.3) is 0 Å². The fraction of sp³-hybridized carbons (Fsp3) is 0.250. The number of carbonyl (C=O) groups is 1. The Morgan fingerprint density at radius 3 is 2.83 bits per heavy atom. The molecule has 3 atom stereocenters. The van der Waals surface area contributed by atoms with Gasteiger partial charge in [0.05, 0.1) is 11.8 Å². The molecule has 24 heavy (non-hydrogen) atoms. The van der Waals surface area contributed by atoms with E-state index in [-0.39, 0.29) is 17.4 Å². The van der Waals surface area contributed by atoms with Crippen molar-refractivity contribution in [3.05, 3.63) is 71.0 Å². The zero-order valence-electron chi connectivity index (χ0n) is 12.9. The fourth-order valence-corrected chi connectivity index (χ4v) is 4.69. The van der Waals surface area contributed by atoms with E-state index < -0.39 is 11.6 Å². The quantitative estimate of drug-likeness (QED) is 0.749. The molecule has 1 fully saturated rings. The van der Waals surface area contributed by atoms with Crippen LogP contribution < -0.4 is 0 Å². The van der Waals surface area contributed by atoms with E-state index in [1.165, 1.54) is 5.56 Å². The van der Waals surface area contributed by atoms with E-state index >= 15 is 0 Å². The topological polar surface area (TPSA) is 70.7 Å². The number of carboxylic acids is 1. The lowest BCUT2D eigenvalue weighted by Gasteiger charge is -2.33. The lowest BCUT2D eigenvalue weighted by molar-refractivity contribution is 0.0215. The predicted octanol–water partition coefficient (Wildman–Crippen LogP) is 3.99. The minimum absolute atomic E-state index is 0.0854. The van der Waals surface area contributed by atoms with Gasteiger partial charge in [0.1, 0.15) is 11.2 Å². The molecule has 2 aromatic carbocycles. The molecule has 0 aliphatic heterocycles. The van der Waals surface area contributed by atoms with Gasteiger partial charge in [-0.05, 0) is 48.1 Å². The van der Waals surface area contributed by atoms with E-state index in [0.29, 0.717) is 6.42 Å². The number of hydrogen-bond donors (Lipinski definition) is 2. The second-order valence-electron chi connectivity index (χ2n) is 6.91. The van der Waals surface area contributed by atoms with Crippen LogP contribution in [-0.2, 0) is 5.60 Å². The number of benzene rings is 2. The van der Waals surface area contributed by atoms with Crippen LogP contribution in [0.1, 0.15) is 51.7 Å². The molecule has 4 heteroatoms. The Morgan fingerprint density at radius 2 is 2.00 bits per heavy atom. The highest BCUT2D eigenvalue weighted by Gasteiger charge is 2.55. The van der Waals surface area contributed by atoms with Crippen LogP contribution in [0, 0.1) is 0 Å². The summed E-state index contributed by atoms with van der Waals surface area (Å²) < 4.78 is 5.63. The minimum Gasteiger partial charge on any atom is -0.478 e. The third-order valence-electron chi connectivity index (χ3n) is 5.75. The van der Waals surface area contributed by atoms with Gasteiger partial charge in [0.15, 0.2) is 0 Å². The standard InChI is InChI=1S/C20H16O4/c21-19(22)11-5-6-13-12-8-16(15(13)7-11)20(23,9-12)17-10-24-18-4-2-1-3-14(17)18/h1-7,10,12,16,23H,8-9H2,(H,21,22)/t12-,16-,20+/m0/s1. The van der Waals surface area contributed by atoms with Crippen molar-refractivity contribution in [1.82, 2.24) is 0 Å². The van der Waals surface area contributed by atoms with E-state index in [1.54, 1.807) is 18.4 Å². The summed E-state index contributed by atoms with van der Waals surface area (Å²) in [5, 5.41) is 21.7. The summed E-state index contributed by atoms with van der Waals surface area (Å²) in [6.07, 6.45) is 3.17. The van der Waals surface area contributed by atoms with E-state index in [9.17, 15) is 15.0 Å². The van der Waals surface area contributed by atoms with Crippen molar-refractivity contribution in [3.8, 4) is 0 Å². The third-order valence-corrected chi connectivity index (χ3v) is 5.75. The van der Waals surface area contributed by atoms with Gasteiger partial charge in [0, 0.05) is 16.9 Å². The summed E-state index contributed by atoms with van der Waals surface area (Å²) in [6.45, 7) is 0. The van der Waals surface area contributed by atoms with E-state index in [0.717, 1.165) is 28.5 Å². The Hall–Kier alpha value is -2.59. The molecule has 0 saturated heterocycles. The molecule has 2 bridgehead atoms. The molecule has 0 amide bonds. The van der Waals surface area contributed by atoms with Gasteiger partial charge >= 0.3 is 5.97 Å². The zero-order chi connectivity index (χ0) is 16.5. The smallest absolute Gasteiger partial charge is 0.335 e. The van der Waals surface area contributed by atoms with Gasteiger partial charge in [-0.15, -0.1) is 0 Å². The zero-order valence-corrected chi connectivity index (χ0v) is 12.9. The van der Waals surface area contributed by atoms with E-state index in [4.69, 9.17) is 4.42 Å². The average molecular weight is 320 g/mol. The maximum absolute atomic E-state index is 11.5. The minimum atomic E-state index is -0.999. The van der Waals surface area contributed by atoms with E-state index in [1.807, 2.05) is 30.3 Å². The number of fused-ring (bicyclic) bond motifs is 6. The Bertz CT molecular complexity index is 986. The highest BCUT2D eigenvalue weighted by Crippen LogP contribution is 2.62. The lowest BCUT2D eigenvalue weighted by Crippen LogP contribution is -2.31. The average Bonchev–Trinajstić information content (AvgIpc) is 3.25. The van der Waals surface area contributed by atoms with Gasteiger partial charge in [-0.25, -0.2) is 4.79 Å². The molecule has 5 rings (SSSR count). The number of rotatable bonds is 2. The number of aromatic carboxylic acids is 1. The van der Waals surface area contributed by atoms with Gasteiger partial charge in [0.2, 0.25) is 0 Å². The predicted molar refractivity (Wildman–Crippen MR) is 88.2 cm³/mol. The molecule has 2 aliphatic rings. The Labute approximate surface area is 138 Å². The van der Waals surface area contributed by atoms with Crippen molar-refractivity contribution >= 4 is 16.9 Å². The summed E-state index contributed by atoms with van der Waals surface area (Å²) in [5.74, 6) is -0.748. The molecule has 120 valence electrons. The number of para-hydroxylation sites is 1. The third kappa shape index (κ3) is 1.64. The van der Waals surface area contributed by atoms with Crippen molar-refractivity contribution in [2.45, 2.75) is 30.3 Å². The Balaban J connectivity index is 1.67. The first-order valence-corrected chi connectivity index (χ1v) is 8.14. The van der Waals surface area contributed by atoms with E-state index in [2.05, 4.69) is 0 Å². The SMILES string of the molecule is O=C(O)c1ccc2c(c1)[C@@H]1C[C@H]2C[C@]1(O)c1coc2ccccc12. The summed E-state index contributed by atoms with van der Waals surface area (Å²) in [5.41, 5.74) is 3.02. The maximum atomic E-state index is 11.5. The van der Waals surface area contributed by atoms with Crippen LogP contribution in [0.3, 0.4) is 0 Å². The largest absolute Gasteiger partial charge is 0.478 e. The highest BCUT2D eigenvalue weighted by molar-refractivity contribution is 5.88. The maximum Gasteiger partial charge on any atom is 0.335 e. The molecule has 2 N–H and O–H groups in total. The molecular formula is C20H16O4. The fourth-order valence-electron chi connectivity index (χ4n) is 4.69. The summed E-state index contributed by atoms with van der Waals surface area (Å²) >= 11 is 0. The monoisotopic (exact) mass is 320 g/mol. The molecule has 0 unspecified atom stereocenters. The van der Waals surface area contributed by atoms with Gasteiger partial charge < -0.3 is 14.6 Å². The number of aliphatic hydroxyl groups is 1. The second kappa shape index (κ2) is 4.48. The summed E-state index contributed by atoms with van der Waals surface area (Å²) in [6, 6.07) is 13.0. The van der Waals surface area contributed by atoms with Crippen molar-refractivity contribution in [3.63, 3.8) is 0 Å². The lowest BCUT2D eigenvalue weighted by atomic mass is 9.75. The van der Waals surface area contributed by atoms with Crippen LogP contribution in [0.15, 0.2) is 53.1 Å². The Kier molecular flexibility index (Phi) is 2.58. The molecule has 0 spiro atoms. The molecular weight excluding hydrogens is 304 g/mol. The first-order chi connectivity index (χ1) is 11.6. The van der Waals surface area contributed by atoms with Crippen LogP contribution in [0.4, 0.5) is 0 Å². The molecule has 1 heterocycles. The number of carboxylic acid groups (broad SMARTS) is 1. The van der Waals surface area contributed by atoms with Crippen LogP contribution in [0.2, 0.25) is 0 Å². The molecule has 3 aromatic rings. The van der Waals surface area contributed by atoms with Gasteiger partial charge in [-0.2, -0.15) is 0 Å². The van der Waals surface area contributed by atoms with Gasteiger partial charge in [-0.3, -0.25) is 0 Å². The van der Waals surface area contributed by atoms with Crippen LogP contribution in [0.25, 0.3) is 11.0 Å². The number of hydrogen-bond acceptors (Lipinski definition) is 3. The van der Waals surface area contributed by atoms with Gasteiger partial charge in [-0.1, -0.05) is 24.3 Å².